The summed E-state index contributed by atoms with van der Waals surface area (Å²) in [6, 6.07) is 5.46. The van der Waals surface area contributed by atoms with Gasteiger partial charge in [-0.3, -0.25) is 29.1 Å². The number of anilines is 1. The fourth-order valence-corrected chi connectivity index (χ4v) is 4.39. The molecule has 1 atom stereocenters. The van der Waals surface area contributed by atoms with Crippen molar-refractivity contribution in [3.63, 3.8) is 0 Å². The largest absolute Gasteiger partial charge is 0.336 e. The molecule has 0 saturated carbocycles. The summed E-state index contributed by atoms with van der Waals surface area (Å²) in [6.07, 6.45) is 3.53. The van der Waals surface area contributed by atoms with Gasteiger partial charge >= 0.3 is 0 Å². The van der Waals surface area contributed by atoms with Gasteiger partial charge in [0.2, 0.25) is 5.91 Å². The first-order valence-corrected chi connectivity index (χ1v) is 10.2. The molecule has 0 aliphatic carbocycles. The van der Waals surface area contributed by atoms with E-state index in [9.17, 15) is 9.59 Å². The third-order valence-corrected chi connectivity index (χ3v) is 5.94. The summed E-state index contributed by atoms with van der Waals surface area (Å²) in [4.78, 5) is 36.2. The maximum atomic E-state index is 13.2. The van der Waals surface area contributed by atoms with Gasteiger partial charge in [-0.1, -0.05) is 0 Å². The van der Waals surface area contributed by atoms with Gasteiger partial charge in [-0.2, -0.15) is 5.10 Å². The molecule has 0 unspecified atom stereocenters. The number of hydrogen-bond acceptors (Lipinski definition) is 5. The summed E-state index contributed by atoms with van der Waals surface area (Å²) >= 11 is 0. The van der Waals surface area contributed by atoms with Crippen LogP contribution in [-0.2, 0) is 11.8 Å². The molecule has 4 heterocycles. The highest BCUT2D eigenvalue weighted by Crippen LogP contribution is 2.25. The van der Waals surface area contributed by atoms with Gasteiger partial charge < -0.3 is 4.90 Å². The molecule has 8 heteroatoms. The zero-order valence-corrected chi connectivity index (χ0v) is 17.3. The number of aromatic nitrogens is 3. The maximum absolute atomic E-state index is 13.2. The Balaban J connectivity index is 1.42. The topological polar surface area (TPSA) is 74.6 Å². The molecular formula is C21H28N6O2. The van der Waals surface area contributed by atoms with Crippen LogP contribution in [0.15, 0.2) is 24.4 Å². The van der Waals surface area contributed by atoms with Crippen molar-refractivity contribution in [2.75, 3.05) is 37.6 Å². The molecule has 0 bridgehead atoms. The van der Waals surface area contributed by atoms with Crippen LogP contribution in [0.25, 0.3) is 0 Å². The van der Waals surface area contributed by atoms with Crippen LogP contribution in [0.4, 0.5) is 5.82 Å². The van der Waals surface area contributed by atoms with Gasteiger partial charge in [0.25, 0.3) is 5.91 Å². The molecule has 29 heavy (non-hydrogen) atoms. The zero-order chi connectivity index (χ0) is 20.5. The number of aryl methyl sites for hydroxylation is 3. The monoisotopic (exact) mass is 396 g/mol. The maximum Gasteiger partial charge on any atom is 0.255 e. The fraction of sp³-hybridized carbons (Fsp3) is 0.524. The van der Waals surface area contributed by atoms with Gasteiger partial charge in [0.1, 0.15) is 5.82 Å². The van der Waals surface area contributed by atoms with Crippen LogP contribution < -0.4 is 4.90 Å². The second-order valence-corrected chi connectivity index (χ2v) is 7.88. The molecule has 154 valence electrons. The van der Waals surface area contributed by atoms with Crippen LogP contribution in [0, 0.1) is 13.8 Å². The Morgan fingerprint density at radius 1 is 1.14 bits per heavy atom. The lowest BCUT2D eigenvalue weighted by molar-refractivity contribution is -0.126. The summed E-state index contributed by atoms with van der Waals surface area (Å²) in [5, 5.41) is 4.38. The molecule has 8 nitrogen and oxygen atoms in total. The smallest absolute Gasteiger partial charge is 0.255 e. The summed E-state index contributed by atoms with van der Waals surface area (Å²) < 4.78 is 1.78. The van der Waals surface area contributed by atoms with Crippen molar-refractivity contribution in [3.05, 3.63) is 41.3 Å². The number of piperazine rings is 1. The van der Waals surface area contributed by atoms with Gasteiger partial charge in [0.05, 0.1) is 17.3 Å². The highest BCUT2D eigenvalue weighted by molar-refractivity contribution is 5.97. The first kappa shape index (κ1) is 19.6. The number of pyridine rings is 1. The van der Waals surface area contributed by atoms with E-state index in [-0.39, 0.29) is 17.9 Å². The van der Waals surface area contributed by atoms with E-state index in [0.717, 1.165) is 36.6 Å². The lowest BCUT2D eigenvalue weighted by Gasteiger charge is -2.42. The minimum absolute atomic E-state index is 0.0252. The molecule has 2 fully saturated rings. The first-order chi connectivity index (χ1) is 14.0. The van der Waals surface area contributed by atoms with Crippen molar-refractivity contribution in [3.8, 4) is 0 Å². The van der Waals surface area contributed by atoms with Crippen LogP contribution in [-0.4, -0.2) is 75.1 Å². The highest BCUT2D eigenvalue weighted by atomic mass is 16.2. The van der Waals surface area contributed by atoms with Gasteiger partial charge in [0, 0.05) is 57.7 Å². The third-order valence-electron chi connectivity index (χ3n) is 5.94. The minimum Gasteiger partial charge on any atom is -0.336 e. The standard InChI is InChI=1S/C21H28N6O2/c1-15-14-19(24(3)23-15)27-9-5-7-18(21(27)29)25-10-12-26(13-11-25)20(28)17-6-4-8-22-16(17)2/h4,6,8,14,18H,5,7,9-13H2,1-3H3/t18-/m0/s1. The van der Waals surface area contributed by atoms with E-state index < -0.39 is 0 Å². The Hall–Kier alpha value is -2.74. The fourth-order valence-electron chi connectivity index (χ4n) is 4.39. The number of piperidine rings is 1. The number of carbonyl (C=O) groups is 2. The van der Waals surface area contributed by atoms with Crippen molar-refractivity contribution in [2.45, 2.75) is 32.7 Å². The quantitative estimate of drug-likeness (QED) is 0.784. The van der Waals surface area contributed by atoms with Crippen LogP contribution in [0.5, 0.6) is 0 Å². The van der Waals surface area contributed by atoms with Gasteiger partial charge in [0.15, 0.2) is 0 Å². The minimum atomic E-state index is -0.128. The second-order valence-electron chi connectivity index (χ2n) is 7.88. The average molecular weight is 396 g/mol. The highest BCUT2D eigenvalue weighted by Gasteiger charge is 2.37. The van der Waals surface area contributed by atoms with Crippen LogP contribution in [0.2, 0.25) is 0 Å². The molecule has 0 radical (unpaired) electrons. The normalized spacial score (nSPS) is 20.9. The molecule has 2 saturated heterocycles. The molecule has 0 aromatic carbocycles. The molecular weight excluding hydrogens is 368 g/mol. The second kappa shape index (κ2) is 7.94. The predicted molar refractivity (Wildman–Crippen MR) is 110 cm³/mol. The summed E-state index contributed by atoms with van der Waals surface area (Å²) in [7, 11) is 1.88. The van der Waals surface area contributed by atoms with E-state index in [1.54, 1.807) is 16.9 Å². The van der Waals surface area contributed by atoms with E-state index in [0.29, 0.717) is 31.7 Å². The Morgan fingerprint density at radius 2 is 1.90 bits per heavy atom. The summed E-state index contributed by atoms with van der Waals surface area (Å²) in [5.41, 5.74) is 2.33. The molecule has 2 aromatic heterocycles. The molecule has 2 aliphatic rings. The SMILES string of the molecule is Cc1cc(N2CCC[C@H](N3CCN(C(=O)c4cccnc4C)CC3)C2=O)n(C)n1. The number of nitrogens with zero attached hydrogens (tertiary/aromatic N) is 6. The zero-order valence-electron chi connectivity index (χ0n) is 17.3. The molecule has 2 amide bonds. The Morgan fingerprint density at radius 3 is 2.55 bits per heavy atom. The number of hydrogen-bond donors (Lipinski definition) is 0. The van der Waals surface area contributed by atoms with E-state index in [4.69, 9.17) is 0 Å². The van der Waals surface area contributed by atoms with Crippen LogP contribution >= 0.6 is 0 Å². The van der Waals surface area contributed by atoms with Crippen LogP contribution in [0.3, 0.4) is 0 Å². The van der Waals surface area contributed by atoms with E-state index in [1.165, 1.54) is 0 Å². The lowest BCUT2D eigenvalue weighted by Crippen LogP contribution is -2.58. The van der Waals surface area contributed by atoms with Gasteiger partial charge in [-0.25, -0.2) is 0 Å². The average Bonchev–Trinajstić information content (AvgIpc) is 3.06. The van der Waals surface area contributed by atoms with E-state index in [2.05, 4.69) is 15.0 Å². The third kappa shape index (κ3) is 3.76. The van der Waals surface area contributed by atoms with Gasteiger partial charge in [-0.05, 0) is 38.8 Å². The molecule has 0 spiro atoms. The Kier molecular flexibility index (Phi) is 5.36. The molecule has 2 aliphatic heterocycles. The van der Waals surface area contributed by atoms with E-state index in [1.807, 2.05) is 42.8 Å². The van der Waals surface area contributed by atoms with Crippen molar-refractivity contribution in [2.24, 2.45) is 7.05 Å². The first-order valence-electron chi connectivity index (χ1n) is 10.2. The summed E-state index contributed by atoms with van der Waals surface area (Å²) in [6.45, 7) is 7.20. The Bertz CT molecular complexity index is 916. The predicted octanol–water partition coefficient (Wildman–Crippen LogP) is 1.39. The number of carbonyl (C=O) groups excluding carboxylic acids is 2. The lowest BCUT2D eigenvalue weighted by atomic mass is 10.0. The summed E-state index contributed by atoms with van der Waals surface area (Å²) in [5.74, 6) is 1.03. The van der Waals surface area contributed by atoms with E-state index >= 15 is 0 Å². The molecule has 4 rings (SSSR count). The van der Waals surface area contributed by atoms with Gasteiger partial charge in [-0.15, -0.1) is 0 Å². The van der Waals surface area contributed by atoms with Crippen molar-refractivity contribution in [1.82, 2.24) is 24.6 Å². The molecule has 2 aromatic rings. The number of amides is 2. The Labute approximate surface area is 171 Å². The van der Waals surface area contributed by atoms with Crippen molar-refractivity contribution < 1.29 is 9.59 Å². The van der Waals surface area contributed by atoms with Crippen molar-refractivity contribution in [1.29, 1.82) is 0 Å². The van der Waals surface area contributed by atoms with Crippen LogP contribution in [0.1, 0.15) is 34.6 Å². The molecule has 0 N–H and O–H groups in total. The van der Waals surface area contributed by atoms with Crippen molar-refractivity contribution >= 4 is 17.6 Å². The number of rotatable bonds is 3.